The number of nitrogens with zero attached hydrogens (tertiary/aromatic N) is 1. The SMILES string of the molecule is CC(CC(=O)Nc1ccc(NC(=O)CN(C)C)cc1)C1CCCNC1.Cl.Cl. The Bertz CT molecular complexity index is 576. The first-order chi connectivity index (χ1) is 11.9. The molecule has 0 aromatic heterocycles. The number of hydrogen-bond acceptors (Lipinski definition) is 4. The van der Waals surface area contributed by atoms with Gasteiger partial charge in [0.2, 0.25) is 11.8 Å². The molecular weight excluding hydrogens is 387 g/mol. The van der Waals surface area contributed by atoms with Crippen LogP contribution in [0.1, 0.15) is 26.2 Å². The van der Waals surface area contributed by atoms with Crippen molar-refractivity contribution in [2.45, 2.75) is 26.2 Å². The summed E-state index contributed by atoms with van der Waals surface area (Å²) in [5.41, 5.74) is 1.48. The minimum Gasteiger partial charge on any atom is -0.326 e. The molecule has 1 heterocycles. The zero-order valence-corrected chi connectivity index (χ0v) is 17.9. The molecule has 1 aromatic rings. The third-order valence-corrected chi connectivity index (χ3v) is 4.56. The van der Waals surface area contributed by atoms with E-state index in [4.69, 9.17) is 0 Å². The van der Waals surface area contributed by atoms with E-state index in [1.165, 1.54) is 12.8 Å². The van der Waals surface area contributed by atoms with Crippen molar-refractivity contribution in [2.75, 3.05) is 44.4 Å². The molecule has 8 heteroatoms. The fraction of sp³-hybridized carbons (Fsp3) is 0.579. The van der Waals surface area contributed by atoms with Gasteiger partial charge in [0, 0.05) is 17.8 Å². The average Bonchev–Trinajstić information content (AvgIpc) is 2.56. The second kappa shape index (κ2) is 12.9. The summed E-state index contributed by atoms with van der Waals surface area (Å²) in [6.45, 7) is 4.59. The van der Waals surface area contributed by atoms with Crippen LogP contribution in [-0.2, 0) is 9.59 Å². The van der Waals surface area contributed by atoms with E-state index in [2.05, 4.69) is 22.9 Å². The number of carbonyl (C=O) groups is 2. The van der Waals surface area contributed by atoms with Gasteiger partial charge in [0.05, 0.1) is 6.54 Å². The Hall–Kier alpha value is -1.34. The fourth-order valence-corrected chi connectivity index (χ4v) is 3.16. The van der Waals surface area contributed by atoms with Crippen LogP contribution in [0.4, 0.5) is 11.4 Å². The lowest BCUT2D eigenvalue weighted by atomic mass is 9.85. The molecule has 0 aliphatic carbocycles. The summed E-state index contributed by atoms with van der Waals surface area (Å²) in [5, 5.41) is 9.18. The Balaban J connectivity index is 0.00000338. The maximum Gasteiger partial charge on any atom is 0.238 e. The third kappa shape index (κ3) is 9.42. The standard InChI is InChI=1S/C19H30N4O2.2ClH/c1-14(15-5-4-10-20-12-15)11-18(24)21-16-6-8-17(9-7-16)22-19(25)13-23(2)3;;/h6-9,14-15,20H,4-5,10-13H2,1-3H3,(H,21,24)(H,22,25);2*1H. The van der Waals surface area contributed by atoms with E-state index in [-0.39, 0.29) is 36.6 Å². The Morgan fingerprint density at radius 3 is 2.15 bits per heavy atom. The molecule has 3 N–H and O–H groups in total. The lowest BCUT2D eigenvalue weighted by molar-refractivity contribution is -0.118. The molecule has 6 nitrogen and oxygen atoms in total. The first kappa shape index (κ1) is 25.7. The highest BCUT2D eigenvalue weighted by Gasteiger charge is 2.22. The van der Waals surface area contributed by atoms with Crippen molar-refractivity contribution in [2.24, 2.45) is 11.8 Å². The van der Waals surface area contributed by atoms with E-state index in [1.54, 1.807) is 12.1 Å². The number of piperidine rings is 1. The van der Waals surface area contributed by atoms with Crippen LogP contribution in [0.3, 0.4) is 0 Å². The van der Waals surface area contributed by atoms with Gasteiger partial charge in [-0.05, 0) is 76.1 Å². The van der Waals surface area contributed by atoms with Gasteiger partial charge in [0.15, 0.2) is 0 Å². The van der Waals surface area contributed by atoms with Crippen LogP contribution >= 0.6 is 24.8 Å². The summed E-state index contributed by atoms with van der Waals surface area (Å²) >= 11 is 0. The molecule has 0 spiro atoms. The topological polar surface area (TPSA) is 73.5 Å². The average molecular weight is 419 g/mol. The third-order valence-electron chi connectivity index (χ3n) is 4.56. The Labute approximate surface area is 174 Å². The first-order valence-corrected chi connectivity index (χ1v) is 8.99. The van der Waals surface area contributed by atoms with Crippen molar-refractivity contribution >= 4 is 48.0 Å². The van der Waals surface area contributed by atoms with Crippen LogP contribution in [0.2, 0.25) is 0 Å². The van der Waals surface area contributed by atoms with Crippen molar-refractivity contribution in [3.63, 3.8) is 0 Å². The number of likely N-dealkylation sites (N-methyl/N-ethyl adjacent to an activating group) is 1. The van der Waals surface area contributed by atoms with Gasteiger partial charge in [-0.3, -0.25) is 9.59 Å². The predicted molar refractivity (Wildman–Crippen MR) is 116 cm³/mol. The molecular formula is C19H32Cl2N4O2. The van der Waals surface area contributed by atoms with Gasteiger partial charge in [0.1, 0.15) is 0 Å². The number of hydrogen-bond donors (Lipinski definition) is 3. The van der Waals surface area contributed by atoms with Gasteiger partial charge < -0.3 is 20.9 Å². The van der Waals surface area contributed by atoms with E-state index in [0.717, 1.165) is 24.5 Å². The highest BCUT2D eigenvalue weighted by atomic mass is 35.5. The van der Waals surface area contributed by atoms with Crippen LogP contribution in [0.15, 0.2) is 24.3 Å². The van der Waals surface area contributed by atoms with Crippen LogP contribution in [-0.4, -0.2) is 50.4 Å². The lowest BCUT2D eigenvalue weighted by Crippen LogP contribution is -2.34. The summed E-state index contributed by atoms with van der Waals surface area (Å²) in [6, 6.07) is 7.24. The zero-order chi connectivity index (χ0) is 18.2. The molecule has 1 aromatic carbocycles. The van der Waals surface area contributed by atoms with Crippen molar-refractivity contribution in [3.8, 4) is 0 Å². The van der Waals surface area contributed by atoms with Gasteiger partial charge in [-0.1, -0.05) is 6.92 Å². The quantitative estimate of drug-likeness (QED) is 0.636. The Morgan fingerprint density at radius 1 is 1.11 bits per heavy atom. The number of carbonyl (C=O) groups excluding carboxylic acids is 2. The van der Waals surface area contributed by atoms with Crippen molar-refractivity contribution in [3.05, 3.63) is 24.3 Å². The van der Waals surface area contributed by atoms with Crippen molar-refractivity contribution in [1.29, 1.82) is 0 Å². The van der Waals surface area contributed by atoms with E-state index in [1.807, 2.05) is 31.1 Å². The van der Waals surface area contributed by atoms with Crippen LogP contribution < -0.4 is 16.0 Å². The number of anilines is 2. The number of nitrogens with one attached hydrogen (secondary N) is 3. The fourth-order valence-electron chi connectivity index (χ4n) is 3.16. The number of rotatable bonds is 7. The Kier molecular flexibility index (Phi) is 12.3. The smallest absolute Gasteiger partial charge is 0.238 e. The van der Waals surface area contributed by atoms with Gasteiger partial charge in [-0.15, -0.1) is 24.8 Å². The normalized spacial score (nSPS) is 17.3. The van der Waals surface area contributed by atoms with Gasteiger partial charge >= 0.3 is 0 Å². The molecule has 2 rings (SSSR count). The maximum absolute atomic E-state index is 12.2. The summed E-state index contributed by atoms with van der Waals surface area (Å²) in [7, 11) is 3.70. The monoisotopic (exact) mass is 418 g/mol. The second-order valence-corrected chi connectivity index (χ2v) is 7.20. The predicted octanol–water partition coefficient (Wildman–Crippen LogP) is 2.99. The molecule has 2 unspecified atom stereocenters. The summed E-state index contributed by atoms with van der Waals surface area (Å²) in [4.78, 5) is 25.8. The molecule has 0 saturated carbocycles. The van der Waals surface area contributed by atoms with E-state index >= 15 is 0 Å². The maximum atomic E-state index is 12.2. The zero-order valence-electron chi connectivity index (χ0n) is 16.3. The summed E-state index contributed by atoms with van der Waals surface area (Å²) in [5.74, 6) is 0.936. The molecule has 0 radical (unpaired) electrons. The van der Waals surface area contributed by atoms with Gasteiger partial charge in [-0.2, -0.15) is 0 Å². The van der Waals surface area contributed by atoms with Crippen molar-refractivity contribution in [1.82, 2.24) is 10.2 Å². The minimum atomic E-state index is -0.0586. The summed E-state index contributed by atoms with van der Waals surface area (Å²) < 4.78 is 0. The second-order valence-electron chi connectivity index (χ2n) is 7.20. The molecule has 2 amide bonds. The molecule has 2 atom stereocenters. The molecule has 0 bridgehead atoms. The van der Waals surface area contributed by atoms with Gasteiger partial charge in [0.25, 0.3) is 0 Å². The highest BCUT2D eigenvalue weighted by Crippen LogP contribution is 2.23. The van der Waals surface area contributed by atoms with E-state index in [9.17, 15) is 9.59 Å². The largest absolute Gasteiger partial charge is 0.326 e. The molecule has 1 aliphatic rings. The number of halogens is 2. The summed E-state index contributed by atoms with van der Waals surface area (Å²) in [6.07, 6.45) is 2.92. The van der Waals surface area contributed by atoms with E-state index < -0.39 is 0 Å². The van der Waals surface area contributed by atoms with Crippen LogP contribution in [0.5, 0.6) is 0 Å². The molecule has 1 saturated heterocycles. The van der Waals surface area contributed by atoms with Gasteiger partial charge in [-0.25, -0.2) is 0 Å². The minimum absolute atomic E-state index is 0. The number of benzene rings is 1. The van der Waals surface area contributed by atoms with E-state index in [0.29, 0.717) is 24.8 Å². The highest BCUT2D eigenvalue weighted by molar-refractivity contribution is 5.93. The molecule has 27 heavy (non-hydrogen) atoms. The molecule has 1 fully saturated rings. The van der Waals surface area contributed by atoms with Crippen LogP contribution in [0.25, 0.3) is 0 Å². The molecule has 1 aliphatic heterocycles. The molecule has 154 valence electrons. The first-order valence-electron chi connectivity index (χ1n) is 8.99. The number of amides is 2. The Morgan fingerprint density at radius 2 is 1.67 bits per heavy atom. The van der Waals surface area contributed by atoms with Crippen molar-refractivity contribution < 1.29 is 9.59 Å². The lowest BCUT2D eigenvalue weighted by Gasteiger charge is -2.28. The van der Waals surface area contributed by atoms with Crippen LogP contribution in [0, 0.1) is 11.8 Å².